The van der Waals surface area contributed by atoms with Crippen molar-refractivity contribution in [1.29, 1.82) is 0 Å². The number of nitrogens with zero attached hydrogens (tertiary/aromatic N) is 2. The second-order valence-corrected chi connectivity index (χ2v) is 3.63. The maximum absolute atomic E-state index is 4.40. The van der Waals surface area contributed by atoms with E-state index in [0.717, 1.165) is 39.3 Å². The standard InChI is InChI=1S/C9H18N4/c1-2-10-5-7-13(6-1)8-9-11-3-4-12-9/h10H,1-8H2,(H,11,12). The highest BCUT2D eigenvalue weighted by Crippen LogP contribution is 1.96. The first kappa shape index (κ1) is 8.97. The molecule has 0 radical (unpaired) electrons. The summed E-state index contributed by atoms with van der Waals surface area (Å²) >= 11 is 0. The summed E-state index contributed by atoms with van der Waals surface area (Å²) in [6.07, 6.45) is 1.26. The van der Waals surface area contributed by atoms with E-state index in [0.29, 0.717) is 0 Å². The molecule has 2 N–H and O–H groups in total. The van der Waals surface area contributed by atoms with Crippen molar-refractivity contribution in [3.8, 4) is 0 Å². The molecule has 0 aromatic carbocycles. The summed E-state index contributed by atoms with van der Waals surface area (Å²) in [4.78, 5) is 6.87. The monoisotopic (exact) mass is 182 g/mol. The van der Waals surface area contributed by atoms with Crippen LogP contribution >= 0.6 is 0 Å². The van der Waals surface area contributed by atoms with Gasteiger partial charge in [0.2, 0.25) is 0 Å². The van der Waals surface area contributed by atoms with Gasteiger partial charge in [-0.3, -0.25) is 9.89 Å². The summed E-state index contributed by atoms with van der Waals surface area (Å²) in [5.41, 5.74) is 0. The lowest BCUT2D eigenvalue weighted by Gasteiger charge is -2.19. The molecule has 4 heteroatoms. The topological polar surface area (TPSA) is 39.7 Å². The van der Waals surface area contributed by atoms with E-state index in [1.807, 2.05) is 0 Å². The lowest BCUT2D eigenvalue weighted by atomic mass is 10.4. The Bertz CT molecular complexity index is 182. The molecule has 2 aliphatic rings. The zero-order valence-electron chi connectivity index (χ0n) is 8.05. The number of nitrogens with one attached hydrogen (secondary N) is 2. The van der Waals surface area contributed by atoms with Gasteiger partial charge < -0.3 is 10.6 Å². The predicted octanol–water partition coefficient (Wildman–Crippen LogP) is -0.717. The number of aliphatic imine (C=N–C) groups is 1. The minimum absolute atomic E-state index is 0.960. The second kappa shape index (κ2) is 4.58. The summed E-state index contributed by atoms with van der Waals surface area (Å²) in [6, 6.07) is 0. The molecular weight excluding hydrogens is 164 g/mol. The fourth-order valence-electron chi connectivity index (χ4n) is 1.82. The Morgan fingerprint density at radius 3 is 3.08 bits per heavy atom. The molecule has 2 heterocycles. The zero-order valence-corrected chi connectivity index (χ0v) is 8.05. The average Bonchev–Trinajstić information content (AvgIpc) is 2.49. The first-order valence-corrected chi connectivity index (χ1v) is 5.15. The Hall–Kier alpha value is -0.610. The molecule has 0 spiro atoms. The zero-order chi connectivity index (χ0) is 8.93. The van der Waals surface area contributed by atoms with E-state index in [1.165, 1.54) is 18.8 Å². The van der Waals surface area contributed by atoms with Crippen molar-refractivity contribution in [1.82, 2.24) is 15.5 Å². The Morgan fingerprint density at radius 1 is 1.23 bits per heavy atom. The van der Waals surface area contributed by atoms with Crippen LogP contribution < -0.4 is 10.6 Å². The minimum Gasteiger partial charge on any atom is -0.371 e. The van der Waals surface area contributed by atoms with E-state index in [1.54, 1.807) is 0 Å². The van der Waals surface area contributed by atoms with Crippen molar-refractivity contribution in [2.75, 3.05) is 45.8 Å². The SMILES string of the molecule is C1CNCCN(CC2=NCCN2)C1. The highest BCUT2D eigenvalue weighted by atomic mass is 15.2. The van der Waals surface area contributed by atoms with Crippen molar-refractivity contribution in [3.05, 3.63) is 0 Å². The van der Waals surface area contributed by atoms with Crippen LogP contribution in [0.1, 0.15) is 6.42 Å². The maximum Gasteiger partial charge on any atom is 0.111 e. The van der Waals surface area contributed by atoms with Gasteiger partial charge in [0.1, 0.15) is 5.84 Å². The van der Waals surface area contributed by atoms with Crippen molar-refractivity contribution in [2.24, 2.45) is 4.99 Å². The summed E-state index contributed by atoms with van der Waals surface area (Å²) in [5.74, 6) is 1.18. The molecule has 0 bridgehead atoms. The normalized spacial score (nSPS) is 25.1. The van der Waals surface area contributed by atoms with Crippen LogP contribution in [0.25, 0.3) is 0 Å². The van der Waals surface area contributed by atoms with Crippen LogP contribution in [0.4, 0.5) is 0 Å². The Kier molecular flexibility index (Phi) is 3.16. The largest absolute Gasteiger partial charge is 0.371 e. The predicted molar refractivity (Wildman–Crippen MR) is 54.2 cm³/mol. The second-order valence-electron chi connectivity index (χ2n) is 3.63. The Balaban J connectivity index is 1.78. The molecule has 0 aliphatic carbocycles. The van der Waals surface area contributed by atoms with Gasteiger partial charge in [0.15, 0.2) is 0 Å². The van der Waals surface area contributed by atoms with E-state index in [2.05, 4.69) is 20.5 Å². The number of amidine groups is 1. The van der Waals surface area contributed by atoms with E-state index in [9.17, 15) is 0 Å². The van der Waals surface area contributed by atoms with Crippen LogP contribution in [0.2, 0.25) is 0 Å². The molecule has 74 valence electrons. The van der Waals surface area contributed by atoms with Gasteiger partial charge in [0.25, 0.3) is 0 Å². The molecular formula is C9H18N4. The number of hydrogen-bond donors (Lipinski definition) is 2. The third-order valence-electron chi connectivity index (χ3n) is 2.55. The Morgan fingerprint density at radius 2 is 2.23 bits per heavy atom. The molecule has 0 amide bonds. The molecule has 2 aliphatic heterocycles. The van der Waals surface area contributed by atoms with Gasteiger partial charge in [-0.05, 0) is 19.5 Å². The molecule has 0 aromatic heterocycles. The number of hydrogen-bond acceptors (Lipinski definition) is 4. The molecule has 0 saturated carbocycles. The molecule has 13 heavy (non-hydrogen) atoms. The van der Waals surface area contributed by atoms with E-state index >= 15 is 0 Å². The van der Waals surface area contributed by atoms with E-state index in [4.69, 9.17) is 0 Å². The van der Waals surface area contributed by atoms with Crippen LogP contribution in [0, 0.1) is 0 Å². The third-order valence-corrected chi connectivity index (χ3v) is 2.55. The Labute approximate surface area is 79.4 Å². The molecule has 0 atom stereocenters. The van der Waals surface area contributed by atoms with Crippen LogP contribution in [-0.4, -0.2) is 56.5 Å². The van der Waals surface area contributed by atoms with Crippen LogP contribution in [0.5, 0.6) is 0 Å². The lowest BCUT2D eigenvalue weighted by Crippen LogP contribution is -2.37. The highest BCUT2D eigenvalue weighted by Gasteiger charge is 2.12. The fourth-order valence-corrected chi connectivity index (χ4v) is 1.82. The van der Waals surface area contributed by atoms with E-state index in [-0.39, 0.29) is 0 Å². The third kappa shape index (κ3) is 2.67. The fraction of sp³-hybridized carbons (Fsp3) is 0.889. The van der Waals surface area contributed by atoms with Crippen molar-refractivity contribution in [3.63, 3.8) is 0 Å². The van der Waals surface area contributed by atoms with Crippen LogP contribution in [-0.2, 0) is 0 Å². The van der Waals surface area contributed by atoms with Crippen LogP contribution in [0.3, 0.4) is 0 Å². The van der Waals surface area contributed by atoms with Gasteiger partial charge in [-0.25, -0.2) is 0 Å². The first-order chi connectivity index (χ1) is 6.45. The molecule has 1 fully saturated rings. The average molecular weight is 182 g/mol. The van der Waals surface area contributed by atoms with Gasteiger partial charge >= 0.3 is 0 Å². The van der Waals surface area contributed by atoms with E-state index < -0.39 is 0 Å². The highest BCUT2D eigenvalue weighted by molar-refractivity contribution is 5.85. The first-order valence-electron chi connectivity index (χ1n) is 5.15. The minimum atomic E-state index is 0.960. The lowest BCUT2D eigenvalue weighted by molar-refractivity contribution is 0.331. The molecule has 1 saturated heterocycles. The van der Waals surface area contributed by atoms with Gasteiger partial charge in [0.05, 0.1) is 13.1 Å². The van der Waals surface area contributed by atoms with Gasteiger partial charge in [0, 0.05) is 19.6 Å². The molecule has 4 nitrogen and oxygen atoms in total. The number of rotatable bonds is 2. The summed E-state index contributed by atoms with van der Waals surface area (Å²) in [5, 5.41) is 6.71. The van der Waals surface area contributed by atoms with Crippen LogP contribution in [0.15, 0.2) is 4.99 Å². The summed E-state index contributed by atoms with van der Waals surface area (Å²) in [6.45, 7) is 7.64. The smallest absolute Gasteiger partial charge is 0.111 e. The molecule has 0 unspecified atom stereocenters. The summed E-state index contributed by atoms with van der Waals surface area (Å²) < 4.78 is 0. The quantitative estimate of drug-likeness (QED) is 0.592. The molecule has 0 aromatic rings. The van der Waals surface area contributed by atoms with Gasteiger partial charge in [-0.1, -0.05) is 0 Å². The van der Waals surface area contributed by atoms with Gasteiger partial charge in [-0.2, -0.15) is 0 Å². The van der Waals surface area contributed by atoms with Crippen molar-refractivity contribution < 1.29 is 0 Å². The van der Waals surface area contributed by atoms with Gasteiger partial charge in [-0.15, -0.1) is 0 Å². The molecule has 2 rings (SSSR count). The maximum atomic E-state index is 4.40. The summed E-state index contributed by atoms with van der Waals surface area (Å²) in [7, 11) is 0. The van der Waals surface area contributed by atoms with Crippen molar-refractivity contribution >= 4 is 5.84 Å². The van der Waals surface area contributed by atoms with Crippen molar-refractivity contribution in [2.45, 2.75) is 6.42 Å².